The highest BCUT2D eigenvalue weighted by Crippen LogP contribution is 2.36. The molecule has 1 heterocycles. The van der Waals surface area contributed by atoms with Crippen LogP contribution in [0.4, 0.5) is 5.69 Å². The molecule has 6 heteroatoms. The first-order valence-electron chi connectivity index (χ1n) is 7.14. The van der Waals surface area contributed by atoms with Gasteiger partial charge >= 0.3 is 0 Å². The van der Waals surface area contributed by atoms with Crippen molar-refractivity contribution in [2.75, 3.05) is 4.90 Å². The van der Waals surface area contributed by atoms with Gasteiger partial charge in [0.15, 0.2) is 10.1 Å². The largest absolute Gasteiger partial charge is 0.508 e. The third-order valence-electron chi connectivity index (χ3n) is 3.52. The number of benzene rings is 2. The van der Waals surface area contributed by atoms with Crippen molar-refractivity contribution in [1.82, 2.24) is 0 Å². The van der Waals surface area contributed by atoms with Gasteiger partial charge in [0, 0.05) is 5.56 Å². The van der Waals surface area contributed by atoms with Gasteiger partial charge in [-0.25, -0.2) is 0 Å². The summed E-state index contributed by atoms with van der Waals surface area (Å²) in [6.07, 6.45) is 1.74. The van der Waals surface area contributed by atoms with Crippen molar-refractivity contribution < 1.29 is 14.7 Å². The number of carbonyl (C=O) groups excluding carboxylic acids is 2. The van der Waals surface area contributed by atoms with Crippen LogP contribution >= 0.6 is 24.0 Å². The molecule has 0 aromatic heterocycles. The quantitative estimate of drug-likeness (QED) is 0.512. The number of hydrogen-bond donors (Lipinski definition) is 1. The number of anilines is 1. The number of carbonyl (C=O) groups is 2. The molecular formula is C18H13NO3S2. The summed E-state index contributed by atoms with van der Waals surface area (Å²) in [6, 6.07) is 13.4. The summed E-state index contributed by atoms with van der Waals surface area (Å²) in [4.78, 5) is 26.0. The maximum absolute atomic E-state index is 12.6. The zero-order valence-electron chi connectivity index (χ0n) is 12.7. The summed E-state index contributed by atoms with van der Waals surface area (Å²) in [5, 5.41) is 9.32. The summed E-state index contributed by atoms with van der Waals surface area (Å²) >= 11 is 6.54. The molecular weight excluding hydrogens is 342 g/mol. The second-order valence-electron chi connectivity index (χ2n) is 5.21. The molecule has 4 nitrogen and oxygen atoms in total. The van der Waals surface area contributed by atoms with E-state index in [-0.39, 0.29) is 17.4 Å². The first-order chi connectivity index (χ1) is 11.5. The van der Waals surface area contributed by atoms with Gasteiger partial charge in [-0.3, -0.25) is 14.5 Å². The summed E-state index contributed by atoms with van der Waals surface area (Å²) in [6.45, 7) is 1.50. The third-order valence-corrected chi connectivity index (χ3v) is 4.82. The van der Waals surface area contributed by atoms with Crippen molar-refractivity contribution in [1.29, 1.82) is 0 Å². The number of hydrogen-bond acceptors (Lipinski definition) is 5. The SMILES string of the molecule is CC(=O)c1ccc(N2C(=O)/C(=C/c3ccc(O)cc3)SC2=S)cc1. The molecule has 24 heavy (non-hydrogen) atoms. The van der Waals surface area contributed by atoms with Gasteiger partial charge in [0.05, 0.1) is 10.6 Å². The van der Waals surface area contributed by atoms with Gasteiger partial charge in [-0.1, -0.05) is 36.1 Å². The van der Waals surface area contributed by atoms with Crippen molar-refractivity contribution in [2.24, 2.45) is 0 Å². The van der Waals surface area contributed by atoms with Gasteiger partial charge < -0.3 is 5.11 Å². The number of nitrogens with zero attached hydrogens (tertiary/aromatic N) is 1. The van der Waals surface area contributed by atoms with Crippen LogP contribution in [-0.2, 0) is 4.79 Å². The van der Waals surface area contributed by atoms with E-state index in [4.69, 9.17) is 12.2 Å². The number of phenolic OH excluding ortho intramolecular Hbond substituents is 1. The molecule has 1 saturated heterocycles. The fourth-order valence-electron chi connectivity index (χ4n) is 2.26. The van der Waals surface area contributed by atoms with Crippen LogP contribution in [0.15, 0.2) is 53.4 Å². The van der Waals surface area contributed by atoms with E-state index in [2.05, 4.69) is 0 Å². The van der Waals surface area contributed by atoms with Crippen molar-refractivity contribution in [3.63, 3.8) is 0 Å². The van der Waals surface area contributed by atoms with Gasteiger partial charge in [-0.05, 0) is 55.0 Å². The van der Waals surface area contributed by atoms with Crippen LogP contribution in [0.3, 0.4) is 0 Å². The molecule has 1 aliphatic heterocycles. The van der Waals surface area contributed by atoms with Crippen molar-refractivity contribution >= 4 is 51.8 Å². The van der Waals surface area contributed by atoms with Crippen molar-refractivity contribution in [2.45, 2.75) is 6.92 Å². The lowest BCUT2D eigenvalue weighted by atomic mass is 10.1. The second kappa shape index (κ2) is 6.59. The van der Waals surface area contributed by atoms with E-state index in [0.717, 1.165) is 5.56 Å². The highest BCUT2D eigenvalue weighted by molar-refractivity contribution is 8.27. The number of rotatable bonds is 3. The van der Waals surface area contributed by atoms with Gasteiger partial charge in [0.2, 0.25) is 0 Å². The minimum atomic E-state index is -0.200. The Morgan fingerprint density at radius 2 is 1.75 bits per heavy atom. The topological polar surface area (TPSA) is 57.6 Å². The van der Waals surface area contributed by atoms with E-state index in [1.807, 2.05) is 0 Å². The summed E-state index contributed by atoms with van der Waals surface area (Å²) in [7, 11) is 0. The predicted octanol–water partition coefficient (Wildman–Crippen LogP) is 4.00. The predicted molar refractivity (Wildman–Crippen MR) is 100 cm³/mol. The summed E-state index contributed by atoms with van der Waals surface area (Å²) < 4.78 is 0.445. The van der Waals surface area contributed by atoms with E-state index in [0.29, 0.717) is 20.5 Å². The molecule has 3 rings (SSSR count). The second-order valence-corrected chi connectivity index (χ2v) is 6.89. The molecule has 0 unspecified atom stereocenters. The lowest BCUT2D eigenvalue weighted by molar-refractivity contribution is -0.113. The number of amides is 1. The lowest BCUT2D eigenvalue weighted by Crippen LogP contribution is -2.27. The molecule has 2 aromatic rings. The number of ketones is 1. The van der Waals surface area contributed by atoms with Gasteiger partial charge in [-0.15, -0.1) is 0 Å². The third kappa shape index (κ3) is 3.25. The van der Waals surface area contributed by atoms with Crippen LogP contribution < -0.4 is 4.90 Å². The molecule has 120 valence electrons. The van der Waals surface area contributed by atoms with E-state index in [1.165, 1.54) is 23.6 Å². The van der Waals surface area contributed by atoms with Crippen LogP contribution in [0.25, 0.3) is 6.08 Å². The fraction of sp³-hybridized carbons (Fsp3) is 0.0556. The number of aromatic hydroxyl groups is 1. The number of phenols is 1. The Balaban J connectivity index is 1.88. The Hall–Kier alpha value is -2.44. The average molecular weight is 355 g/mol. The molecule has 0 saturated carbocycles. The van der Waals surface area contributed by atoms with Crippen LogP contribution in [-0.4, -0.2) is 21.1 Å². The maximum atomic E-state index is 12.6. The fourth-order valence-corrected chi connectivity index (χ4v) is 3.56. The molecule has 1 amide bonds. The molecule has 0 spiro atoms. The van der Waals surface area contributed by atoms with Crippen molar-refractivity contribution in [3.8, 4) is 5.75 Å². The average Bonchev–Trinajstić information content (AvgIpc) is 2.83. The summed E-state index contributed by atoms with van der Waals surface area (Å²) in [5.41, 5.74) is 2.03. The van der Waals surface area contributed by atoms with Gasteiger partial charge in [0.1, 0.15) is 5.75 Å². The normalized spacial score (nSPS) is 16.0. The minimum Gasteiger partial charge on any atom is -0.508 e. The zero-order chi connectivity index (χ0) is 17.3. The Morgan fingerprint density at radius 1 is 1.12 bits per heavy atom. The van der Waals surface area contributed by atoms with Gasteiger partial charge in [0.25, 0.3) is 5.91 Å². The summed E-state index contributed by atoms with van der Waals surface area (Å²) in [5.74, 6) is -0.0573. The highest BCUT2D eigenvalue weighted by Gasteiger charge is 2.33. The number of Topliss-reactive ketones (excluding diaryl/α,β-unsaturated/α-hetero) is 1. The molecule has 0 atom stereocenters. The molecule has 1 N–H and O–H groups in total. The van der Waals surface area contributed by atoms with E-state index >= 15 is 0 Å². The van der Waals surface area contributed by atoms with Gasteiger partial charge in [-0.2, -0.15) is 0 Å². The van der Waals surface area contributed by atoms with E-state index in [9.17, 15) is 14.7 Å². The monoisotopic (exact) mass is 355 g/mol. The standard InChI is InChI=1S/C18H13NO3S2/c1-11(20)13-4-6-14(7-5-13)19-17(22)16(24-18(19)23)10-12-2-8-15(21)9-3-12/h2-10,21H,1H3/b16-10-. The molecule has 0 bridgehead atoms. The van der Waals surface area contributed by atoms with E-state index < -0.39 is 0 Å². The first kappa shape index (κ1) is 16.4. The molecule has 0 radical (unpaired) electrons. The minimum absolute atomic E-state index is 0.0286. The maximum Gasteiger partial charge on any atom is 0.270 e. The smallest absolute Gasteiger partial charge is 0.270 e. The first-order valence-corrected chi connectivity index (χ1v) is 8.36. The number of thioether (sulfide) groups is 1. The lowest BCUT2D eigenvalue weighted by Gasteiger charge is -2.14. The Labute approximate surface area is 148 Å². The molecule has 0 aliphatic carbocycles. The highest BCUT2D eigenvalue weighted by atomic mass is 32.2. The van der Waals surface area contributed by atoms with Crippen LogP contribution in [0, 0.1) is 0 Å². The van der Waals surface area contributed by atoms with Crippen LogP contribution in [0.1, 0.15) is 22.8 Å². The Bertz CT molecular complexity index is 855. The van der Waals surface area contributed by atoms with Crippen molar-refractivity contribution in [3.05, 3.63) is 64.6 Å². The molecule has 1 fully saturated rings. The molecule has 2 aromatic carbocycles. The van der Waals surface area contributed by atoms with E-state index in [1.54, 1.807) is 54.6 Å². The van der Waals surface area contributed by atoms with Crippen LogP contribution in [0.5, 0.6) is 5.75 Å². The molecule has 1 aliphatic rings. The van der Waals surface area contributed by atoms with Crippen LogP contribution in [0.2, 0.25) is 0 Å². The Morgan fingerprint density at radius 3 is 2.33 bits per heavy atom. The number of thiocarbonyl (C=S) groups is 1. The zero-order valence-corrected chi connectivity index (χ0v) is 14.4. The Kier molecular flexibility index (Phi) is 4.51.